The van der Waals surface area contributed by atoms with Crippen molar-refractivity contribution in [2.24, 2.45) is 11.3 Å². The average molecular weight is 739 g/mol. The molecule has 14 heteroatoms. The molecule has 5 saturated heterocycles. The van der Waals surface area contributed by atoms with Crippen LogP contribution in [-0.2, 0) is 4.79 Å². The van der Waals surface area contributed by atoms with Crippen molar-refractivity contribution in [2.75, 3.05) is 63.8 Å². The number of ether oxygens (including phenoxy) is 1. The number of nitrogens with zero attached hydrogens (tertiary/aromatic N) is 8. The Labute approximate surface area is 310 Å². The van der Waals surface area contributed by atoms with Crippen LogP contribution in [0, 0.1) is 17.2 Å². The molecule has 0 aliphatic carbocycles. The number of halogens is 2. The predicted octanol–water partition coefficient (Wildman–Crippen LogP) is 5.61. The Bertz CT molecular complexity index is 1630. The van der Waals surface area contributed by atoms with Gasteiger partial charge in [-0.1, -0.05) is 6.58 Å². The summed E-state index contributed by atoms with van der Waals surface area (Å²) in [6.07, 6.45) is 8.71. The highest BCUT2D eigenvalue weighted by Crippen LogP contribution is 2.45. The van der Waals surface area contributed by atoms with Crippen LogP contribution in [0.25, 0.3) is 0 Å². The molecule has 11 nitrogen and oxygen atoms in total. The first kappa shape index (κ1) is 37.0. The van der Waals surface area contributed by atoms with Crippen LogP contribution in [0.15, 0.2) is 43.1 Å². The predicted molar refractivity (Wildman–Crippen MR) is 198 cm³/mol. The molecule has 0 saturated carbocycles. The number of rotatable bonds is 11. The van der Waals surface area contributed by atoms with E-state index in [9.17, 15) is 18.4 Å². The summed E-state index contributed by atoms with van der Waals surface area (Å²) < 4.78 is 39.0. The van der Waals surface area contributed by atoms with E-state index in [1.54, 1.807) is 16.0 Å². The fourth-order valence-electron chi connectivity index (χ4n) is 8.96. The zero-order valence-electron chi connectivity index (χ0n) is 30.8. The number of likely N-dealkylation sites (tertiary alicyclic amines) is 2. The summed E-state index contributed by atoms with van der Waals surface area (Å²) in [5, 5.41) is 0. The fourth-order valence-corrected chi connectivity index (χ4v) is 10.2. The number of piperidine rings is 2. The van der Waals surface area contributed by atoms with Crippen molar-refractivity contribution < 1.29 is 23.1 Å². The summed E-state index contributed by atoms with van der Waals surface area (Å²) in [6.45, 7) is 19.6. The van der Waals surface area contributed by atoms with Gasteiger partial charge in [-0.3, -0.25) is 9.59 Å². The lowest BCUT2D eigenvalue weighted by Crippen LogP contribution is -2.61. The third-order valence-corrected chi connectivity index (χ3v) is 12.9. The van der Waals surface area contributed by atoms with Gasteiger partial charge in [0.25, 0.3) is 11.8 Å². The van der Waals surface area contributed by atoms with E-state index < -0.39 is 17.6 Å². The Morgan fingerprint density at radius 3 is 2.38 bits per heavy atom. The number of amides is 2. The third-order valence-electron chi connectivity index (χ3n) is 11.7. The van der Waals surface area contributed by atoms with Crippen molar-refractivity contribution in [3.8, 4) is 11.5 Å². The first-order chi connectivity index (χ1) is 24.9. The van der Waals surface area contributed by atoms with Crippen molar-refractivity contribution in [2.45, 2.75) is 84.0 Å². The molecular weight excluding hydrogens is 687 g/mol. The summed E-state index contributed by atoms with van der Waals surface area (Å²) in [5.74, 6) is -0.0422. The van der Waals surface area contributed by atoms with Crippen LogP contribution < -0.4 is 9.64 Å². The lowest BCUT2D eigenvalue weighted by Gasteiger charge is -2.54. The third kappa shape index (κ3) is 7.67. The molecule has 6 heterocycles. The summed E-state index contributed by atoms with van der Waals surface area (Å²) in [4.78, 5) is 42.7. The summed E-state index contributed by atoms with van der Waals surface area (Å²) in [6, 6.07) is 4.33. The number of hydrogen-bond acceptors (Lipinski definition) is 10. The van der Waals surface area contributed by atoms with Gasteiger partial charge >= 0.3 is 0 Å². The Kier molecular flexibility index (Phi) is 10.8. The van der Waals surface area contributed by atoms with Gasteiger partial charge in [0.1, 0.15) is 17.9 Å². The molecule has 52 heavy (non-hydrogen) atoms. The summed E-state index contributed by atoms with van der Waals surface area (Å²) in [7, 11) is 0. The van der Waals surface area contributed by atoms with Crippen LogP contribution in [0.2, 0.25) is 0 Å². The van der Waals surface area contributed by atoms with Crippen LogP contribution in [0.1, 0.15) is 70.2 Å². The molecule has 1 spiro atoms. The maximum absolute atomic E-state index is 14.4. The number of aromatic nitrogens is 2. The standard InChI is InChI=1S/C38H52F2N8O3S/c1-25(2)48(26(3)4)37(50)32-16-29(40)6-7-33(32)51-34-18-41-24-42-35(34)44-22-38(23-44)10-14-43(15-11-38)19-28-8-12-45(13-9-28)52-47-21-30-17-31(47)20-46(30)36(49)27(5)39/h6-7,16,18,24-26,28,30-31H,5,8-15,17,19-23H2,1-4H3/t30-,31-/m0/s1. The zero-order chi connectivity index (χ0) is 36.7. The Morgan fingerprint density at radius 1 is 1.04 bits per heavy atom. The molecule has 1 aromatic carbocycles. The number of carbonyl (C=O) groups is 2. The van der Waals surface area contributed by atoms with Crippen LogP contribution in [0.5, 0.6) is 11.5 Å². The van der Waals surface area contributed by atoms with E-state index in [1.165, 1.54) is 37.4 Å². The van der Waals surface area contributed by atoms with Gasteiger partial charge in [0.05, 0.1) is 11.8 Å². The maximum atomic E-state index is 14.4. The molecule has 0 N–H and O–H groups in total. The lowest BCUT2D eigenvalue weighted by atomic mass is 9.72. The van der Waals surface area contributed by atoms with Gasteiger partial charge in [-0.15, -0.1) is 0 Å². The first-order valence-corrected chi connectivity index (χ1v) is 19.5. The van der Waals surface area contributed by atoms with Crippen molar-refractivity contribution >= 4 is 29.8 Å². The van der Waals surface area contributed by atoms with Crippen LogP contribution in [-0.4, -0.2) is 128 Å². The lowest BCUT2D eigenvalue weighted by molar-refractivity contribution is -0.130. The Hall–Kier alpha value is -3.33. The van der Waals surface area contributed by atoms with Crippen molar-refractivity contribution in [3.63, 3.8) is 0 Å². The second kappa shape index (κ2) is 15.2. The molecule has 282 valence electrons. The number of piperazine rings is 1. The normalized spacial score (nSPS) is 23.8. The van der Waals surface area contributed by atoms with Crippen LogP contribution >= 0.6 is 12.1 Å². The molecule has 0 radical (unpaired) electrons. The van der Waals surface area contributed by atoms with Crippen LogP contribution in [0.4, 0.5) is 14.6 Å². The van der Waals surface area contributed by atoms with Gasteiger partial charge in [-0.05, 0) is 97.0 Å². The maximum Gasteiger partial charge on any atom is 0.282 e. The van der Waals surface area contributed by atoms with E-state index in [0.29, 0.717) is 24.0 Å². The van der Waals surface area contributed by atoms with Gasteiger partial charge in [-0.25, -0.2) is 27.4 Å². The number of benzene rings is 1. The average Bonchev–Trinajstić information content (AvgIpc) is 3.70. The van der Waals surface area contributed by atoms with Gasteiger partial charge in [0.15, 0.2) is 17.4 Å². The minimum atomic E-state index is -0.858. The quantitative estimate of drug-likeness (QED) is 0.214. The van der Waals surface area contributed by atoms with Crippen LogP contribution in [0.3, 0.4) is 0 Å². The van der Waals surface area contributed by atoms with Crippen molar-refractivity contribution in [1.82, 2.24) is 33.3 Å². The molecule has 5 fully saturated rings. The number of fused-ring (bicyclic) bond motifs is 2. The molecule has 2 atom stereocenters. The van der Waals surface area contributed by atoms with Gasteiger partial charge in [0.2, 0.25) is 0 Å². The number of anilines is 1. The monoisotopic (exact) mass is 738 g/mol. The molecule has 7 rings (SSSR count). The molecule has 5 aliphatic rings. The molecule has 0 unspecified atom stereocenters. The topological polar surface area (TPSA) is 88.6 Å². The molecule has 2 bridgehead atoms. The minimum Gasteiger partial charge on any atom is -0.451 e. The molecule has 2 amide bonds. The highest BCUT2D eigenvalue weighted by molar-refractivity contribution is 7.94. The molecule has 2 aromatic rings. The van der Waals surface area contributed by atoms with Crippen molar-refractivity contribution in [3.05, 3.63) is 54.5 Å². The molecular formula is C38H52F2N8O3S. The minimum absolute atomic E-state index is 0.0590. The van der Waals surface area contributed by atoms with E-state index in [4.69, 9.17) is 4.74 Å². The van der Waals surface area contributed by atoms with E-state index >= 15 is 0 Å². The highest BCUT2D eigenvalue weighted by Gasteiger charge is 2.48. The van der Waals surface area contributed by atoms with E-state index in [2.05, 4.69) is 35.0 Å². The summed E-state index contributed by atoms with van der Waals surface area (Å²) >= 11 is 1.82. The first-order valence-electron chi connectivity index (χ1n) is 18.8. The Morgan fingerprint density at radius 2 is 1.75 bits per heavy atom. The number of carbonyl (C=O) groups excluding carboxylic acids is 2. The smallest absolute Gasteiger partial charge is 0.282 e. The Balaban J connectivity index is 0.874. The largest absolute Gasteiger partial charge is 0.451 e. The van der Waals surface area contributed by atoms with E-state index in [1.807, 2.05) is 39.8 Å². The second-order valence-corrected chi connectivity index (χ2v) is 17.1. The summed E-state index contributed by atoms with van der Waals surface area (Å²) in [5.41, 5.74) is 0.429. The van der Waals surface area contributed by atoms with Crippen molar-refractivity contribution in [1.29, 1.82) is 0 Å². The van der Waals surface area contributed by atoms with Gasteiger partial charge < -0.3 is 24.3 Å². The highest BCUT2D eigenvalue weighted by atomic mass is 32.2. The number of hydrogen-bond donors (Lipinski definition) is 0. The second-order valence-electron chi connectivity index (χ2n) is 16.0. The van der Waals surface area contributed by atoms with Gasteiger partial charge in [-0.2, -0.15) is 0 Å². The van der Waals surface area contributed by atoms with E-state index in [-0.39, 0.29) is 46.8 Å². The zero-order valence-corrected chi connectivity index (χ0v) is 31.7. The SMILES string of the molecule is C=C(F)C(=O)N1C[C@@H]2C[C@H]1CN2SN1CCC(CN2CCC3(CC2)CN(c2ncncc2Oc2ccc(F)cc2C(=O)N(C(C)C)C(C)C)C3)CC1. The van der Waals surface area contributed by atoms with Gasteiger partial charge in [0, 0.05) is 87.5 Å². The molecule has 5 aliphatic heterocycles. The van der Waals surface area contributed by atoms with E-state index in [0.717, 1.165) is 71.6 Å². The fraction of sp³-hybridized carbons (Fsp3) is 0.632. The molecule has 1 aromatic heterocycles.